The SMILES string of the molecule is CCOC(=O)C1(C(=O)OCC)C=CC1. The number of hydrogen-bond donors (Lipinski definition) is 0. The van der Waals surface area contributed by atoms with Crippen LogP contribution in [0.1, 0.15) is 20.3 Å². The summed E-state index contributed by atoms with van der Waals surface area (Å²) in [7, 11) is 0. The molecule has 4 nitrogen and oxygen atoms in total. The molecule has 0 saturated carbocycles. The lowest BCUT2D eigenvalue weighted by atomic mass is 9.76. The van der Waals surface area contributed by atoms with Gasteiger partial charge in [0.2, 0.25) is 0 Å². The molecule has 0 N–H and O–H groups in total. The van der Waals surface area contributed by atoms with Crippen molar-refractivity contribution in [2.45, 2.75) is 20.3 Å². The topological polar surface area (TPSA) is 52.6 Å². The number of carbonyl (C=O) groups excluding carboxylic acids is 2. The van der Waals surface area contributed by atoms with E-state index in [0.29, 0.717) is 6.42 Å². The Morgan fingerprint density at radius 1 is 1.21 bits per heavy atom. The zero-order valence-electron chi connectivity index (χ0n) is 8.41. The lowest BCUT2D eigenvalue weighted by molar-refractivity contribution is -0.169. The van der Waals surface area contributed by atoms with Crippen molar-refractivity contribution in [2.24, 2.45) is 5.41 Å². The maximum absolute atomic E-state index is 11.5. The van der Waals surface area contributed by atoms with E-state index in [1.807, 2.05) is 0 Å². The van der Waals surface area contributed by atoms with Crippen LogP contribution in [0.2, 0.25) is 0 Å². The van der Waals surface area contributed by atoms with Crippen molar-refractivity contribution in [3.05, 3.63) is 12.2 Å². The fourth-order valence-electron chi connectivity index (χ4n) is 1.26. The summed E-state index contributed by atoms with van der Waals surface area (Å²) >= 11 is 0. The van der Waals surface area contributed by atoms with Gasteiger partial charge in [-0.1, -0.05) is 12.2 Å². The van der Waals surface area contributed by atoms with Crippen LogP contribution in [-0.2, 0) is 19.1 Å². The minimum atomic E-state index is -1.16. The van der Waals surface area contributed by atoms with Crippen LogP contribution in [0.3, 0.4) is 0 Å². The Bertz CT molecular complexity index is 249. The summed E-state index contributed by atoms with van der Waals surface area (Å²) in [5, 5.41) is 0. The molecule has 1 aliphatic rings. The first-order valence-electron chi connectivity index (χ1n) is 4.69. The standard InChI is InChI=1S/C10H14O4/c1-3-13-8(11)10(6-5-7-10)9(12)14-4-2/h5-6H,3-4,7H2,1-2H3. The molecule has 0 aromatic carbocycles. The van der Waals surface area contributed by atoms with Gasteiger partial charge in [0.25, 0.3) is 0 Å². The molecule has 0 radical (unpaired) electrons. The zero-order chi connectivity index (χ0) is 10.6. The Morgan fingerprint density at radius 2 is 1.64 bits per heavy atom. The molecule has 0 amide bonds. The van der Waals surface area contributed by atoms with Gasteiger partial charge in [0.1, 0.15) is 0 Å². The van der Waals surface area contributed by atoms with Crippen LogP contribution in [0.25, 0.3) is 0 Å². The molecular weight excluding hydrogens is 184 g/mol. The van der Waals surface area contributed by atoms with E-state index in [1.165, 1.54) is 0 Å². The van der Waals surface area contributed by atoms with E-state index in [9.17, 15) is 9.59 Å². The number of ether oxygens (including phenoxy) is 2. The molecule has 0 saturated heterocycles. The zero-order valence-corrected chi connectivity index (χ0v) is 8.41. The summed E-state index contributed by atoms with van der Waals surface area (Å²) in [5.41, 5.74) is -1.16. The van der Waals surface area contributed by atoms with Gasteiger partial charge < -0.3 is 9.47 Å². The van der Waals surface area contributed by atoms with Crippen molar-refractivity contribution in [3.63, 3.8) is 0 Å². The van der Waals surface area contributed by atoms with Crippen molar-refractivity contribution in [3.8, 4) is 0 Å². The largest absolute Gasteiger partial charge is 0.465 e. The van der Waals surface area contributed by atoms with Gasteiger partial charge in [-0.15, -0.1) is 0 Å². The fourth-order valence-corrected chi connectivity index (χ4v) is 1.26. The molecule has 0 aromatic rings. The summed E-state index contributed by atoms with van der Waals surface area (Å²) in [4.78, 5) is 23.0. The first-order valence-corrected chi connectivity index (χ1v) is 4.69. The van der Waals surface area contributed by atoms with Crippen LogP contribution >= 0.6 is 0 Å². The molecule has 0 fully saturated rings. The highest BCUT2D eigenvalue weighted by Crippen LogP contribution is 2.36. The quantitative estimate of drug-likeness (QED) is 0.385. The average Bonchev–Trinajstić information content (AvgIpc) is 2.02. The second-order valence-corrected chi connectivity index (χ2v) is 3.02. The van der Waals surface area contributed by atoms with E-state index in [0.717, 1.165) is 0 Å². The van der Waals surface area contributed by atoms with Crippen molar-refractivity contribution >= 4 is 11.9 Å². The maximum Gasteiger partial charge on any atom is 0.327 e. The van der Waals surface area contributed by atoms with E-state index in [1.54, 1.807) is 26.0 Å². The molecule has 1 rings (SSSR count). The average molecular weight is 198 g/mol. The minimum absolute atomic E-state index is 0.272. The summed E-state index contributed by atoms with van der Waals surface area (Å²) < 4.78 is 9.65. The van der Waals surface area contributed by atoms with Crippen LogP contribution in [0.4, 0.5) is 0 Å². The number of allylic oxidation sites excluding steroid dienone is 1. The molecule has 0 aliphatic heterocycles. The lowest BCUT2D eigenvalue weighted by Gasteiger charge is -2.30. The molecule has 0 unspecified atom stereocenters. The van der Waals surface area contributed by atoms with Gasteiger partial charge in [-0.05, 0) is 20.3 Å². The number of carbonyl (C=O) groups is 2. The van der Waals surface area contributed by atoms with Crippen LogP contribution in [0.5, 0.6) is 0 Å². The Kier molecular flexibility index (Phi) is 3.28. The summed E-state index contributed by atoms with van der Waals surface area (Å²) in [6, 6.07) is 0. The van der Waals surface area contributed by atoms with E-state index in [2.05, 4.69) is 0 Å². The Morgan fingerprint density at radius 3 is 1.86 bits per heavy atom. The monoisotopic (exact) mass is 198 g/mol. The molecule has 0 spiro atoms. The molecular formula is C10H14O4. The van der Waals surface area contributed by atoms with Gasteiger partial charge in [-0.2, -0.15) is 0 Å². The van der Waals surface area contributed by atoms with Crippen LogP contribution < -0.4 is 0 Å². The highest BCUT2D eigenvalue weighted by atomic mass is 16.6. The van der Waals surface area contributed by atoms with Crippen molar-refractivity contribution in [1.82, 2.24) is 0 Å². The van der Waals surface area contributed by atoms with Gasteiger partial charge in [0.15, 0.2) is 5.41 Å². The highest BCUT2D eigenvalue weighted by molar-refractivity contribution is 6.03. The Labute approximate surface area is 82.9 Å². The molecule has 0 heterocycles. The molecule has 0 atom stereocenters. The minimum Gasteiger partial charge on any atom is -0.465 e. The maximum atomic E-state index is 11.5. The predicted molar refractivity (Wildman–Crippen MR) is 49.5 cm³/mol. The smallest absolute Gasteiger partial charge is 0.327 e. The first kappa shape index (κ1) is 10.8. The highest BCUT2D eigenvalue weighted by Gasteiger charge is 2.49. The van der Waals surface area contributed by atoms with Crippen LogP contribution in [0.15, 0.2) is 12.2 Å². The van der Waals surface area contributed by atoms with E-state index < -0.39 is 17.4 Å². The van der Waals surface area contributed by atoms with Crippen molar-refractivity contribution in [2.75, 3.05) is 13.2 Å². The van der Waals surface area contributed by atoms with Gasteiger partial charge in [-0.25, -0.2) is 0 Å². The molecule has 0 bridgehead atoms. The number of esters is 2. The second kappa shape index (κ2) is 4.26. The normalized spacial score (nSPS) is 17.0. The number of hydrogen-bond acceptors (Lipinski definition) is 4. The fraction of sp³-hybridized carbons (Fsp3) is 0.600. The molecule has 78 valence electrons. The molecule has 0 aromatic heterocycles. The van der Waals surface area contributed by atoms with Gasteiger partial charge in [0, 0.05) is 0 Å². The van der Waals surface area contributed by atoms with Gasteiger partial charge >= 0.3 is 11.9 Å². The number of rotatable bonds is 4. The Balaban J connectivity index is 2.72. The third-order valence-corrected chi connectivity index (χ3v) is 2.12. The Hall–Kier alpha value is -1.32. The molecule has 4 heteroatoms. The third-order valence-electron chi connectivity index (χ3n) is 2.12. The van der Waals surface area contributed by atoms with E-state index in [4.69, 9.17) is 9.47 Å². The summed E-state index contributed by atoms with van der Waals surface area (Å²) in [6.07, 6.45) is 3.68. The second-order valence-electron chi connectivity index (χ2n) is 3.02. The first-order chi connectivity index (χ1) is 6.67. The summed E-state index contributed by atoms with van der Waals surface area (Å²) in [5.74, 6) is -1.03. The van der Waals surface area contributed by atoms with Crippen LogP contribution in [-0.4, -0.2) is 25.2 Å². The van der Waals surface area contributed by atoms with Gasteiger partial charge in [0.05, 0.1) is 13.2 Å². The molecule has 14 heavy (non-hydrogen) atoms. The van der Waals surface area contributed by atoms with E-state index in [-0.39, 0.29) is 13.2 Å². The molecule has 1 aliphatic carbocycles. The third kappa shape index (κ3) is 1.64. The predicted octanol–water partition coefficient (Wildman–Crippen LogP) is 1.06. The summed E-state index contributed by atoms with van der Waals surface area (Å²) in [6.45, 7) is 3.96. The lowest BCUT2D eigenvalue weighted by Crippen LogP contribution is -2.43. The van der Waals surface area contributed by atoms with E-state index >= 15 is 0 Å². The van der Waals surface area contributed by atoms with Crippen LogP contribution in [0, 0.1) is 5.41 Å². The van der Waals surface area contributed by atoms with Crippen molar-refractivity contribution < 1.29 is 19.1 Å². The van der Waals surface area contributed by atoms with Gasteiger partial charge in [-0.3, -0.25) is 9.59 Å². The van der Waals surface area contributed by atoms with Crippen molar-refractivity contribution in [1.29, 1.82) is 0 Å².